The SMILES string of the molecule is [CH2]/C=C(/C)C(=C)C(C)(C)C. The molecule has 0 unspecified atom stereocenters. The summed E-state index contributed by atoms with van der Waals surface area (Å²) in [6.45, 7) is 16.2. The smallest absolute Gasteiger partial charge is 0.0135 e. The van der Waals surface area contributed by atoms with Gasteiger partial charge in [0.15, 0.2) is 0 Å². The Labute approximate surface area is 64.6 Å². The van der Waals surface area contributed by atoms with Crippen LogP contribution in [0, 0.1) is 12.3 Å². The Hall–Kier alpha value is -0.520. The molecular formula is C10H17. The van der Waals surface area contributed by atoms with Gasteiger partial charge in [0.25, 0.3) is 0 Å². The second-order valence-corrected chi connectivity index (χ2v) is 3.62. The summed E-state index contributed by atoms with van der Waals surface area (Å²) in [6.07, 6.45) is 1.85. The first-order chi connectivity index (χ1) is 4.39. The van der Waals surface area contributed by atoms with E-state index in [1.54, 1.807) is 0 Å². The second-order valence-electron chi connectivity index (χ2n) is 3.62. The van der Waals surface area contributed by atoms with Crippen molar-refractivity contribution in [3.8, 4) is 0 Å². The van der Waals surface area contributed by atoms with Crippen LogP contribution in [0.15, 0.2) is 23.8 Å². The van der Waals surface area contributed by atoms with Crippen molar-refractivity contribution >= 4 is 0 Å². The first kappa shape index (κ1) is 9.48. The molecule has 0 fully saturated rings. The molecule has 0 saturated carbocycles. The average molecular weight is 137 g/mol. The molecule has 0 rings (SSSR count). The molecule has 0 amide bonds. The van der Waals surface area contributed by atoms with Gasteiger partial charge in [-0.1, -0.05) is 39.0 Å². The van der Waals surface area contributed by atoms with Crippen LogP contribution in [0.5, 0.6) is 0 Å². The van der Waals surface area contributed by atoms with Crippen molar-refractivity contribution in [2.45, 2.75) is 27.7 Å². The van der Waals surface area contributed by atoms with Gasteiger partial charge >= 0.3 is 0 Å². The molecule has 0 aromatic heterocycles. The van der Waals surface area contributed by atoms with Crippen LogP contribution in [0.2, 0.25) is 0 Å². The van der Waals surface area contributed by atoms with Crippen LogP contribution < -0.4 is 0 Å². The molecule has 0 N–H and O–H groups in total. The quantitative estimate of drug-likeness (QED) is 0.486. The van der Waals surface area contributed by atoms with E-state index in [9.17, 15) is 0 Å². The lowest BCUT2D eigenvalue weighted by Crippen LogP contribution is -2.08. The van der Waals surface area contributed by atoms with Crippen molar-refractivity contribution in [1.82, 2.24) is 0 Å². The fourth-order valence-corrected chi connectivity index (χ4v) is 0.715. The number of hydrogen-bond acceptors (Lipinski definition) is 0. The fourth-order valence-electron chi connectivity index (χ4n) is 0.715. The van der Waals surface area contributed by atoms with Gasteiger partial charge in [0.1, 0.15) is 0 Å². The number of hydrogen-bond donors (Lipinski definition) is 0. The highest BCUT2D eigenvalue weighted by Crippen LogP contribution is 2.28. The van der Waals surface area contributed by atoms with Crippen LogP contribution in [-0.2, 0) is 0 Å². The molecule has 0 spiro atoms. The number of allylic oxidation sites excluding steroid dienone is 3. The van der Waals surface area contributed by atoms with Crippen molar-refractivity contribution in [2.24, 2.45) is 5.41 Å². The molecule has 0 heterocycles. The van der Waals surface area contributed by atoms with E-state index in [0.29, 0.717) is 0 Å². The van der Waals surface area contributed by atoms with Crippen molar-refractivity contribution in [1.29, 1.82) is 0 Å². The van der Waals surface area contributed by atoms with E-state index < -0.39 is 0 Å². The summed E-state index contributed by atoms with van der Waals surface area (Å²) in [5.74, 6) is 0. The molecule has 0 aromatic carbocycles. The maximum Gasteiger partial charge on any atom is -0.0135 e. The Morgan fingerprint density at radius 1 is 1.30 bits per heavy atom. The second kappa shape index (κ2) is 3.05. The predicted octanol–water partition coefficient (Wildman–Crippen LogP) is 3.37. The van der Waals surface area contributed by atoms with Crippen LogP contribution >= 0.6 is 0 Å². The molecule has 0 heteroatoms. The lowest BCUT2D eigenvalue weighted by Gasteiger charge is -2.22. The highest BCUT2D eigenvalue weighted by Gasteiger charge is 2.14. The molecule has 0 nitrogen and oxygen atoms in total. The molecule has 0 aromatic rings. The van der Waals surface area contributed by atoms with Gasteiger partial charge in [-0.15, -0.1) is 0 Å². The summed E-state index contributed by atoms with van der Waals surface area (Å²) in [5.41, 5.74) is 2.54. The van der Waals surface area contributed by atoms with E-state index >= 15 is 0 Å². The summed E-state index contributed by atoms with van der Waals surface area (Å²) >= 11 is 0. The van der Waals surface area contributed by atoms with Gasteiger partial charge in [-0.3, -0.25) is 0 Å². The first-order valence-electron chi connectivity index (χ1n) is 3.55. The zero-order valence-electron chi connectivity index (χ0n) is 7.49. The van der Waals surface area contributed by atoms with Crippen LogP contribution in [0.4, 0.5) is 0 Å². The Morgan fingerprint density at radius 3 is 1.80 bits per heavy atom. The van der Waals surface area contributed by atoms with Crippen molar-refractivity contribution in [2.75, 3.05) is 0 Å². The van der Waals surface area contributed by atoms with Crippen LogP contribution in [0.25, 0.3) is 0 Å². The largest absolute Gasteiger partial charge is 0.0950 e. The summed E-state index contributed by atoms with van der Waals surface area (Å²) in [7, 11) is 0. The Morgan fingerprint density at radius 2 is 1.70 bits per heavy atom. The van der Waals surface area contributed by atoms with Gasteiger partial charge in [0.05, 0.1) is 0 Å². The molecule has 0 aliphatic rings. The highest BCUT2D eigenvalue weighted by atomic mass is 14.2. The Kier molecular flexibility index (Phi) is 2.89. The van der Waals surface area contributed by atoms with Crippen LogP contribution in [0.3, 0.4) is 0 Å². The summed E-state index contributed by atoms with van der Waals surface area (Å²) in [4.78, 5) is 0. The molecule has 0 atom stereocenters. The van der Waals surface area contributed by atoms with Gasteiger partial charge in [-0.25, -0.2) is 0 Å². The minimum atomic E-state index is 0.179. The lowest BCUT2D eigenvalue weighted by molar-refractivity contribution is 0.512. The normalized spacial score (nSPS) is 13.5. The maximum absolute atomic E-state index is 3.99. The summed E-state index contributed by atoms with van der Waals surface area (Å²) < 4.78 is 0. The Bertz CT molecular complexity index is 153. The summed E-state index contributed by atoms with van der Waals surface area (Å²) in [6, 6.07) is 0. The molecule has 0 saturated heterocycles. The fraction of sp³-hybridized carbons (Fsp3) is 0.500. The molecule has 0 bridgehead atoms. The molecule has 10 heavy (non-hydrogen) atoms. The van der Waals surface area contributed by atoms with E-state index in [1.807, 2.05) is 13.0 Å². The molecule has 57 valence electrons. The van der Waals surface area contributed by atoms with Crippen LogP contribution in [-0.4, -0.2) is 0 Å². The van der Waals surface area contributed by atoms with Crippen molar-refractivity contribution in [3.63, 3.8) is 0 Å². The van der Waals surface area contributed by atoms with E-state index in [4.69, 9.17) is 0 Å². The third-order valence-corrected chi connectivity index (χ3v) is 1.69. The standard InChI is InChI=1S/C10H17/c1-7-8(2)9(3)10(4,5)6/h7H,1,3H2,2,4-6H3/b8-7-. The van der Waals surface area contributed by atoms with E-state index in [2.05, 4.69) is 34.3 Å². The van der Waals surface area contributed by atoms with Crippen molar-refractivity contribution in [3.05, 3.63) is 30.7 Å². The Balaban J connectivity index is 4.39. The third kappa shape index (κ3) is 2.38. The zero-order chi connectivity index (χ0) is 8.36. The molecule has 0 aliphatic carbocycles. The lowest BCUT2D eigenvalue weighted by atomic mass is 9.83. The number of rotatable bonds is 1. The molecule has 1 radical (unpaired) electrons. The summed E-state index contributed by atoms with van der Waals surface area (Å²) in [5, 5.41) is 0. The van der Waals surface area contributed by atoms with Gasteiger partial charge in [0.2, 0.25) is 0 Å². The maximum atomic E-state index is 3.99. The topological polar surface area (TPSA) is 0 Å². The van der Waals surface area contributed by atoms with Gasteiger partial charge < -0.3 is 0 Å². The first-order valence-corrected chi connectivity index (χ1v) is 3.55. The van der Waals surface area contributed by atoms with E-state index in [0.717, 1.165) is 0 Å². The zero-order valence-corrected chi connectivity index (χ0v) is 7.49. The van der Waals surface area contributed by atoms with Gasteiger partial charge in [-0.05, 0) is 24.8 Å². The minimum Gasteiger partial charge on any atom is -0.0950 e. The monoisotopic (exact) mass is 137 g/mol. The highest BCUT2D eigenvalue weighted by molar-refractivity contribution is 5.31. The third-order valence-electron chi connectivity index (χ3n) is 1.69. The van der Waals surface area contributed by atoms with Gasteiger partial charge in [-0.2, -0.15) is 0 Å². The van der Waals surface area contributed by atoms with E-state index in [1.165, 1.54) is 11.1 Å². The van der Waals surface area contributed by atoms with Crippen molar-refractivity contribution < 1.29 is 0 Å². The van der Waals surface area contributed by atoms with E-state index in [-0.39, 0.29) is 5.41 Å². The van der Waals surface area contributed by atoms with Crippen LogP contribution in [0.1, 0.15) is 27.7 Å². The molecular weight excluding hydrogens is 120 g/mol. The molecule has 0 aliphatic heterocycles. The van der Waals surface area contributed by atoms with Gasteiger partial charge in [0, 0.05) is 0 Å². The predicted molar refractivity (Wildman–Crippen MR) is 47.7 cm³/mol. The minimum absolute atomic E-state index is 0.179. The average Bonchev–Trinajstić information content (AvgIpc) is 1.83.